The van der Waals surface area contributed by atoms with Crippen molar-refractivity contribution in [3.8, 4) is 11.4 Å². The van der Waals surface area contributed by atoms with E-state index in [-0.39, 0.29) is 0 Å². The number of halogens is 1. The Bertz CT molecular complexity index is 1670. The van der Waals surface area contributed by atoms with Crippen LogP contribution in [0.3, 0.4) is 0 Å². The molecule has 41 heavy (non-hydrogen) atoms. The van der Waals surface area contributed by atoms with Crippen molar-refractivity contribution in [1.82, 2.24) is 19.6 Å². The summed E-state index contributed by atoms with van der Waals surface area (Å²) >= 11 is 3.45. The van der Waals surface area contributed by atoms with E-state index in [1.165, 1.54) is 0 Å². The highest BCUT2D eigenvalue weighted by Crippen LogP contribution is 2.20. The molecule has 7 heteroatoms. The van der Waals surface area contributed by atoms with Gasteiger partial charge in [-0.2, -0.15) is 10.2 Å². The average molecular weight is 608 g/mol. The third kappa shape index (κ3) is 8.68. The molecule has 6 aromatic rings. The number of nitrogen functional groups attached to an aromatic ring is 1. The second-order valence-electron chi connectivity index (χ2n) is 9.61. The molecule has 0 spiro atoms. The first-order chi connectivity index (χ1) is 19.8. The van der Waals surface area contributed by atoms with E-state index in [1.807, 2.05) is 96.0 Å². The molecular weight excluding hydrogens is 572 g/mol. The molecule has 0 aliphatic rings. The third-order valence-corrected chi connectivity index (χ3v) is 6.52. The minimum absolute atomic E-state index is 0.822. The van der Waals surface area contributed by atoms with Gasteiger partial charge in [0.05, 0.1) is 22.8 Å². The number of rotatable bonds is 4. The van der Waals surface area contributed by atoms with Crippen LogP contribution in [0.1, 0.15) is 22.8 Å². The normalized spacial score (nSPS) is 10.2. The number of aryl methyl sites for hydroxylation is 4. The van der Waals surface area contributed by atoms with Gasteiger partial charge in [-0.25, -0.2) is 9.36 Å². The lowest BCUT2D eigenvalue weighted by Crippen LogP contribution is -2.00. The van der Waals surface area contributed by atoms with Gasteiger partial charge < -0.3 is 11.1 Å². The number of hydrogen-bond donors (Lipinski definition) is 2. The van der Waals surface area contributed by atoms with Crippen molar-refractivity contribution in [2.24, 2.45) is 0 Å². The number of nitrogens with one attached hydrogen (secondary N) is 1. The van der Waals surface area contributed by atoms with Crippen LogP contribution in [-0.4, -0.2) is 19.6 Å². The molecule has 0 aliphatic heterocycles. The van der Waals surface area contributed by atoms with Crippen molar-refractivity contribution in [3.63, 3.8) is 0 Å². The van der Waals surface area contributed by atoms with Crippen molar-refractivity contribution in [1.29, 1.82) is 0 Å². The molecule has 6 nitrogen and oxygen atoms in total. The van der Waals surface area contributed by atoms with Crippen molar-refractivity contribution in [2.75, 3.05) is 11.1 Å². The van der Waals surface area contributed by atoms with Gasteiger partial charge in [0.25, 0.3) is 0 Å². The first-order valence-electron chi connectivity index (χ1n) is 13.3. The van der Waals surface area contributed by atoms with E-state index in [0.717, 1.165) is 55.7 Å². The maximum absolute atomic E-state index is 5.36. The van der Waals surface area contributed by atoms with Crippen molar-refractivity contribution in [3.05, 3.63) is 149 Å². The molecule has 6 rings (SSSR count). The Morgan fingerprint density at radius 2 is 1.05 bits per heavy atom. The number of hydrogen-bond acceptors (Lipinski definition) is 4. The smallest absolute Gasteiger partial charge is 0.0669 e. The second-order valence-corrected chi connectivity index (χ2v) is 10.5. The Kier molecular flexibility index (Phi) is 10.1. The summed E-state index contributed by atoms with van der Waals surface area (Å²) in [6.45, 7) is 8.13. The zero-order valence-electron chi connectivity index (χ0n) is 23.8. The van der Waals surface area contributed by atoms with E-state index >= 15 is 0 Å². The first kappa shape index (κ1) is 29.4. The quantitative estimate of drug-likeness (QED) is 0.197. The van der Waals surface area contributed by atoms with E-state index in [1.54, 1.807) is 0 Å². The Hall–Kier alpha value is -4.62. The highest BCUT2D eigenvalue weighted by Gasteiger charge is 2.05. The minimum Gasteiger partial charge on any atom is -0.399 e. The van der Waals surface area contributed by atoms with Gasteiger partial charge in [0, 0.05) is 32.9 Å². The van der Waals surface area contributed by atoms with Gasteiger partial charge in [-0.3, -0.25) is 0 Å². The molecule has 0 atom stereocenters. The average Bonchev–Trinajstić information content (AvgIpc) is 3.49. The fraction of sp³-hybridized carbons (Fsp3) is 0.118. The first-order valence-corrected chi connectivity index (χ1v) is 14.1. The fourth-order valence-electron chi connectivity index (χ4n) is 4.25. The van der Waals surface area contributed by atoms with Crippen LogP contribution in [0.5, 0.6) is 0 Å². The molecular formula is C34H35BrN6. The van der Waals surface area contributed by atoms with E-state index in [0.29, 0.717) is 0 Å². The SMILES string of the molecule is Cc1cc(C)n(-c2cccc(Br)c2)n1.Cc1cc(C)n(-c2cccc(Nc3ccccc3)c2)n1.Nc1ccccc1. The lowest BCUT2D eigenvalue weighted by atomic mass is 10.2. The Labute approximate surface area is 250 Å². The molecule has 0 bridgehead atoms. The summed E-state index contributed by atoms with van der Waals surface area (Å²) < 4.78 is 4.98. The minimum atomic E-state index is 0.822. The van der Waals surface area contributed by atoms with E-state index in [2.05, 4.69) is 93.8 Å². The Morgan fingerprint density at radius 1 is 0.561 bits per heavy atom. The van der Waals surface area contributed by atoms with Crippen LogP contribution in [0.25, 0.3) is 11.4 Å². The van der Waals surface area contributed by atoms with E-state index in [9.17, 15) is 0 Å². The summed E-state index contributed by atoms with van der Waals surface area (Å²) in [7, 11) is 0. The summed E-state index contributed by atoms with van der Waals surface area (Å²) in [5.41, 5.74) is 14.8. The molecule has 4 aromatic carbocycles. The van der Waals surface area contributed by atoms with E-state index in [4.69, 9.17) is 5.73 Å². The Balaban J connectivity index is 0.000000159. The van der Waals surface area contributed by atoms with Gasteiger partial charge in [-0.05, 0) is 100 Å². The number of nitrogens with zero attached hydrogens (tertiary/aromatic N) is 4. The monoisotopic (exact) mass is 606 g/mol. The zero-order chi connectivity index (χ0) is 29.2. The van der Waals surface area contributed by atoms with Crippen LogP contribution >= 0.6 is 15.9 Å². The summed E-state index contributed by atoms with van der Waals surface area (Å²) in [4.78, 5) is 0. The third-order valence-electron chi connectivity index (χ3n) is 6.02. The lowest BCUT2D eigenvalue weighted by molar-refractivity contribution is 0.833. The number of para-hydroxylation sites is 2. The van der Waals surface area contributed by atoms with Gasteiger partial charge >= 0.3 is 0 Å². The molecule has 0 saturated carbocycles. The highest BCUT2D eigenvalue weighted by atomic mass is 79.9. The highest BCUT2D eigenvalue weighted by molar-refractivity contribution is 9.10. The molecule has 208 valence electrons. The van der Waals surface area contributed by atoms with Gasteiger partial charge in [0.2, 0.25) is 0 Å². The predicted octanol–water partition coefficient (Wildman–Crippen LogP) is 8.75. The molecule has 3 N–H and O–H groups in total. The molecule has 2 heterocycles. The van der Waals surface area contributed by atoms with Crippen LogP contribution in [0.4, 0.5) is 17.1 Å². The molecule has 0 amide bonds. The molecule has 0 unspecified atom stereocenters. The molecule has 0 radical (unpaired) electrons. The van der Waals surface area contributed by atoms with Crippen molar-refractivity contribution < 1.29 is 0 Å². The van der Waals surface area contributed by atoms with Crippen LogP contribution in [0, 0.1) is 27.7 Å². The number of aromatic nitrogens is 4. The molecule has 0 aliphatic carbocycles. The molecule has 0 saturated heterocycles. The topological polar surface area (TPSA) is 73.7 Å². The van der Waals surface area contributed by atoms with Gasteiger partial charge in [-0.15, -0.1) is 0 Å². The fourth-order valence-corrected chi connectivity index (χ4v) is 4.63. The second kappa shape index (κ2) is 14.1. The van der Waals surface area contributed by atoms with Crippen LogP contribution < -0.4 is 11.1 Å². The van der Waals surface area contributed by atoms with Crippen LogP contribution in [0.2, 0.25) is 0 Å². The Morgan fingerprint density at radius 3 is 1.51 bits per heavy atom. The maximum atomic E-state index is 5.36. The largest absolute Gasteiger partial charge is 0.399 e. The number of nitrogens with two attached hydrogens (primary N) is 1. The standard InChI is InChI=1S/C17H17N3.C11H11BrN2.C6H7N/c1-13-11-14(2)20(19-13)17-10-6-9-16(12-17)18-15-7-4-3-5-8-15;1-8-6-9(2)14(13-8)11-5-3-4-10(12)7-11;7-6-4-2-1-3-5-6/h3-12,18H,1-2H3;3-7H,1-2H3;1-5H,7H2. The van der Waals surface area contributed by atoms with Gasteiger partial charge in [0.15, 0.2) is 0 Å². The van der Waals surface area contributed by atoms with Crippen molar-refractivity contribution >= 4 is 33.0 Å². The number of benzene rings is 4. The zero-order valence-corrected chi connectivity index (χ0v) is 25.4. The van der Waals surface area contributed by atoms with Gasteiger partial charge in [-0.1, -0.05) is 64.5 Å². The number of anilines is 3. The molecule has 2 aromatic heterocycles. The summed E-state index contributed by atoms with van der Waals surface area (Å²) in [5, 5.41) is 12.3. The lowest BCUT2D eigenvalue weighted by Gasteiger charge is -2.09. The van der Waals surface area contributed by atoms with Crippen LogP contribution in [-0.2, 0) is 0 Å². The summed E-state index contributed by atoms with van der Waals surface area (Å²) in [5.74, 6) is 0. The van der Waals surface area contributed by atoms with Crippen molar-refractivity contribution in [2.45, 2.75) is 27.7 Å². The maximum Gasteiger partial charge on any atom is 0.0669 e. The van der Waals surface area contributed by atoms with Crippen LogP contribution in [0.15, 0.2) is 126 Å². The predicted molar refractivity (Wildman–Crippen MR) is 174 cm³/mol. The van der Waals surface area contributed by atoms with Gasteiger partial charge in [0.1, 0.15) is 0 Å². The molecule has 0 fully saturated rings. The summed E-state index contributed by atoms with van der Waals surface area (Å²) in [6.07, 6.45) is 0. The summed E-state index contributed by atoms with van der Waals surface area (Å²) in [6, 6.07) is 40.2. The van der Waals surface area contributed by atoms with E-state index < -0.39 is 0 Å².